The molecule has 0 aliphatic carbocycles. The highest BCUT2D eigenvalue weighted by Gasteiger charge is 2.17. The lowest BCUT2D eigenvalue weighted by Crippen LogP contribution is -2.49. The summed E-state index contributed by atoms with van der Waals surface area (Å²) in [6.07, 6.45) is 0. The van der Waals surface area contributed by atoms with E-state index in [0.717, 1.165) is 39.8 Å². The van der Waals surface area contributed by atoms with Crippen molar-refractivity contribution < 1.29 is 0 Å². The molecule has 6 heteroatoms. The minimum atomic E-state index is 0.503. The highest BCUT2D eigenvalue weighted by Crippen LogP contribution is 2.30. The van der Waals surface area contributed by atoms with Gasteiger partial charge < -0.3 is 10.2 Å². The molecule has 100 valence electrons. The van der Waals surface area contributed by atoms with Gasteiger partial charge in [0.15, 0.2) is 5.82 Å². The van der Waals surface area contributed by atoms with E-state index in [2.05, 4.69) is 55.4 Å². The Labute approximate surface area is 125 Å². The minimum Gasteiger partial charge on any atom is -0.352 e. The summed E-state index contributed by atoms with van der Waals surface area (Å²) < 4.78 is 1.12. The lowest BCUT2D eigenvalue weighted by molar-refractivity contribution is 0.481. The molecular weight excluding hydrogens is 324 g/mol. The van der Waals surface area contributed by atoms with Gasteiger partial charge in [-0.15, -0.1) is 21.5 Å². The molecule has 1 N–H and O–H groups in total. The Morgan fingerprint density at radius 1 is 1.32 bits per heavy atom. The van der Waals surface area contributed by atoms with Crippen molar-refractivity contribution >= 4 is 33.1 Å². The Morgan fingerprint density at radius 3 is 2.84 bits per heavy atom. The van der Waals surface area contributed by atoms with Crippen LogP contribution in [0.4, 0.5) is 5.82 Å². The van der Waals surface area contributed by atoms with Crippen LogP contribution in [0.25, 0.3) is 10.6 Å². The van der Waals surface area contributed by atoms with E-state index < -0.39 is 0 Å². The van der Waals surface area contributed by atoms with E-state index in [1.165, 1.54) is 0 Å². The first kappa shape index (κ1) is 13.0. The normalized spacial score (nSPS) is 19.7. The highest BCUT2D eigenvalue weighted by atomic mass is 79.9. The Bertz CT molecular complexity index is 554. The van der Waals surface area contributed by atoms with Crippen LogP contribution in [0, 0.1) is 0 Å². The van der Waals surface area contributed by atoms with Gasteiger partial charge in [0.25, 0.3) is 0 Å². The van der Waals surface area contributed by atoms with Gasteiger partial charge in [-0.05, 0) is 47.1 Å². The van der Waals surface area contributed by atoms with Gasteiger partial charge in [0.1, 0.15) is 5.69 Å². The van der Waals surface area contributed by atoms with E-state index in [1.807, 2.05) is 12.1 Å². The van der Waals surface area contributed by atoms with E-state index in [4.69, 9.17) is 0 Å². The average Bonchev–Trinajstić information content (AvgIpc) is 2.86. The first-order valence-corrected chi connectivity index (χ1v) is 7.91. The molecule has 1 fully saturated rings. The highest BCUT2D eigenvalue weighted by molar-refractivity contribution is 9.11. The molecular formula is C13H15BrN4S. The molecule has 3 rings (SSSR count). The molecule has 1 aliphatic rings. The van der Waals surface area contributed by atoms with E-state index in [0.29, 0.717) is 6.04 Å². The van der Waals surface area contributed by atoms with Gasteiger partial charge in [-0.1, -0.05) is 0 Å². The number of nitrogens with zero attached hydrogens (tertiary/aromatic N) is 3. The number of rotatable bonds is 2. The molecule has 0 aromatic carbocycles. The van der Waals surface area contributed by atoms with E-state index >= 15 is 0 Å². The Hall–Kier alpha value is -0.980. The number of halogens is 1. The smallest absolute Gasteiger partial charge is 0.151 e. The third-order valence-electron chi connectivity index (χ3n) is 3.17. The molecule has 3 heterocycles. The molecule has 4 nitrogen and oxygen atoms in total. The maximum absolute atomic E-state index is 4.36. The fourth-order valence-corrected chi connectivity index (χ4v) is 3.57. The molecule has 1 aliphatic heterocycles. The van der Waals surface area contributed by atoms with Crippen LogP contribution >= 0.6 is 27.3 Å². The van der Waals surface area contributed by atoms with Gasteiger partial charge in [-0.25, -0.2) is 0 Å². The molecule has 0 spiro atoms. The Morgan fingerprint density at radius 2 is 2.21 bits per heavy atom. The van der Waals surface area contributed by atoms with Crippen LogP contribution in [0.5, 0.6) is 0 Å². The first-order valence-electron chi connectivity index (χ1n) is 6.30. The van der Waals surface area contributed by atoms with Crippen molar-refractivity contribution in [2.24, 2.45) is 0 Å². The van der Waals surface area contributed by atoms with Gasteiger partial charge >= 0.3 is 0 Å². The molecule has 0 saturated carbocycles. The lowest BCUT2D eigenvalue weighted by atomic mass is 10.2. The van der Waals surface area contributed by atoms with Crippen molar-refractivity contribution in [3.63, 3.8) is 0 Å². The maximum Gasteiger partial charge on any atom is 0.151 e. The van der Waals surface area contributed by atoms with Crippen LogP contribution in [0.1, 0.15) is 6.92 Å². The van der Waals surface area contributed by atoms with Crippen molar-refractivity contribution in [2.75, 3.05) is 24.5 Å². The molecule has 2 aromatic heterocycles. The topological polar surface area (TPSA) is 41.1 Å². The summed E-state index contributed by atoms with van der Waals surface area (Å²) in [7, 11) is 0. The standard InChI is InChI=1S/C13H15BrN4S/c1-9-8-18(7-6-15-9)13-5-2-10(16-17-13)11-3-4-12(14)19-11/h2-5,9,15H,6-8H2,1H3. The number of anilines is 1. The second-order valence-corrected chi connectivity index (χ2v) is 7.14. The van der Waals surface area contributed by atoms with Gasteiger partial charge in [-0.3, -0.25) is 0 Å². The van der Waals surface area contributed by atoms with Crippen LogP contribution in [-0.2, 0) is 0 Å². The molecule has 0 radical (unpaired) electrons. The average molecular weight is 339 g/mol. The first-order chi connectivity index (χ1) is 9.22. The minimum absolute atomic E-state index is 0.503. The van der Waals surface area contributed by atoms with Crippen molar-refractivity contribution in [3.05, 3.63) is 28.1 Å². The zero-order valence-electron chi connectivity index (χ0n) is 10.6. The van der Waals surface area contributed by atoms with Crippen molar-refractivity contribution in [1.82, 2.24) is 15.5 Å². The molecule has 0 bridgehead atoms. The second-order valence-electron chi connectivity index (χ2n) is 4.68. The van der Waals surface area contributed by atoms with Crippen LogP contribution in [0.3, 0.4) is 0 Å². The van der Waals surface area contributed by atoms with Gasteiger partial charge in [0, 0.05) is 25.7 Å². The zero-order chi connectivity index (χ0) is 13.2. The summed E-state index contributed by atoms with van der Waals surface area (Å²) in [5, 5.41) is 12.1. The number of piperazine rings is 1. The summed E-state index contributed by atoms with van der Waals surface area (Å²) in [5.74, 6) is 0.965. The van der Waals surface area contributed by atoms with E-state index in [-0.39, 0.29) is 0 Å². The number of aromatic nitrogens is 2. The second kappa shape index (κ2) is 5.56. The SMILES string of the molecule is CC1CN(c2ccc(-c3ccc(Br)s3)nn2)CCN1. The monoisotopic (exact) mass is 338 g/mol. The summed E-state index contributed by atoms with van der Waals surface area (Å²) in [4.78, 5) is 3.42. The molecule has 19 heavy (non-hydrogen) atoms. The summed E-state index contributed by atoms with van der Waals surface area (Å²) in [6, 6.07) is 8.71. The molecule has 1 unspecified atom stereocenters. The third-order valence-corrected chi connectivity index (χ3v) is 4.82. The van der Waals surface area contributed by atoms with E-state index in [9.17, 15) is 0 Å². The van der Waals surface area contributed by atoms with Crippen molar-refractivity contribution in [2.45, 2.75) is 13.0 Å². The number of hydrogen-bond acceptors (Lipinski definition) is 5. The Balaban J connectivity index is 1.78. The largest absolute Gasteiger partial charge is 0.352 e. The summed E-state index contributed by atoms with van der Waals surface area (Å²) >= 11 is 5.14. The van der Waals surface area contributed by atoms with Crippen LogP contribution in [0.15, 0.2) is 28.1 Å². The molecule has 0 amide bonds. The predicted molar refractivity (Wildman–Crippen MR) is 82.7 cm³/mol. The fraction of sp³-hybridized carbons (Fsp3) is 0.385. The van der Waals surface area contributed by atoms with Crippen LogP contribution < -0.4 is 10.2 Å². The number of thiophene rings is 1. The van der Waals surface area contributed by atoms with Gasteiger partial charge in [0.05, 0.1) is 8.66 Å². The maximum atomic E-state index is 4.36. The van der Waals surface area contributed by atoms with E-state index in [1.54, 1.807) is 11.3 Å². The number of hydrogen-bond donors (Lipinski definition) is 1. The zero-order valence-corrected chi connectivity index (χ0v) is 13.0. The van der Waals surface area contributed by atoms with Gasteiger partial charge in [0.2, 0.25) is 0 Å². The van der Waals surface area contributed by atoms with Crippen molar-refractivity contribution in [3.8, 4) is 10.6 Å². The summed E-state index contributed by atoms with van der Waals surface area (Å²) in [6.45, 7) is 5.17. The number of nitrogens with one attached hydrogen (secondary N) is 1. The fourth-order valence-electron chi connectivity index (χ4n) is 2.22. The lowest BCUT2D eigenvalue weighted by Gasteiger charge is -2.32. The molecule has 2 aromatic rings. The van der Waals surface area contributed by atoms with Crippen LogP contribution in [0.2, 0.25) is 0 Å². The molecule has 1 atom stereocenters. The quantitative estimate of drug-likeness (QED) is 0.914. The summed E-state index contributed by atoms with van der Waals surface area (Å²) in [5.41, 5.74) is 0.933. The van der Waals surface area contributed by atoms with Gasteiger partial charge in [-0.2, -0.15) is 0 Å². The van der Waals surface area contributed by atoms with Crippen molar-refractivity contribution in [1.29, 1.82) is 0 Å². The Kier molecular flexibility index (Phi) is 3.81. The van der Waals surface area contributed by atoms with Crippen LogP contribution in [-0.4, -0.2) is 35.9 Å². The third kappa shape index (κ3) is 2.96. The molecule has 1 saturated heterocycles. The predicted octanol–water partition coefficient (Wildman–Crippen LogP) is 2.77.